The molecule has 2 aliphatic heterocycles. The van der Waals surface area contributed by atoms with E-state index in [2.05, 4.69) is 10.2 Å². The number of likely N-dealkylation sites (tertiary alicyclic amines) is 1. The van der Waals surface area contributed by atoms with Crippen LogP contribution in [0.1, 0.15) is 6.92 Å². The van der Waals surface area contributed by atoms with Gasteiger partial charge in [-0.1, -0.05) is 0 Å². The molecule has 0 aliphatic carbocycles. The van der Waals surface area contributed by atoms with Crippen molar-refractivity contribution in [3.8, 4) is 0 Å². The smallest absolute Gasteiger partial charge is 0.310 e. The maximum atomic E-state index is 11.6. The molecule has 0 atom stereocenters. The summed E-state index contributed by atoms with van der Waals surface area (Å²) in [6, 6.07) is 0.312. The van der Waals surface area contributed by atoms with Gasteiger partial charge in [-0.15, -0.1) is 13.1 Å². The molecular weight excluding hydrogens is 271 g/mol. The van der Waals surface area contributed by atoms with Gasteiger partial charge in [0.05, 0.1) is 6.92 Å². The number of carbonyl (C=O) groups excluding carboxylic acids is 1. The summed E-state index contributed by atoms with van der Waals surface area (Å²) >= 11 is 0. The second kappa shape index (κ2) is 5.30. The fraction of sp³-hybridized carbons (Fsp3) is 0.889. The van der Waals surface area contributed by atoms with Gasteiger partial charge in [0.25, 0.3) is 0 Å². The molecule has 15 heavy (non-hydrogen) atoms. The summed E-state index contributed by atoms with van der Waals surface area (Å²) in [5.74, 6) is -0.261. The van der Waals surface area contributed by atoms with Gasteiger partial charge >= 0.3 is 5.91 Å². The van der Waals surface area contributed by atoms with E-state index >= 15 is 0 Å². The van der Waals surface area contributed by atoms with E-state index in [4.69, 9.17) is 0 Å². The van der Waals surface area contributed by atoms with Crippen LogP contribution in [0.4, 0.5) is 0 Å². The first-order chi connectivity index (χ1) is 6.62. The van der Waals surface area contributed by atoms with Crippen LogP contribution in [0.3, 0.4) is 0 Å². The van der Waals surface area contributed by atoms with Crippen molar-refractivity contribution in [1.82, 2.24) is 4.90 Å². The Kier molecular flexibility index (Phi) is 4.83. The van der Waals surface area contributed by atoms with Gasteiger partial charge in [-0.25, -0.2) is 4.79 Å². The maximum absolute atomic E-state index is 11.6. The Morgan fingerprint density at radius 2 is 1.93 bits per heavy atom. The predicted molar refractivity (Wildman–Crippen MR) is 52.5 cm³/mol. The molecule has 2 fully saturated rings. The normalized spacial score (nSPS) is 36.5. The van der Waals surface area contributed by atoms with Crippen LogP contribution in [-0.2, 0) is 37.5 Å². The molecule has 0 unspecified atom stereocenters. The van der Waals surface area contributed by atoms with Crippen LogP contribution < -0.4 is 0 Å². The van der Waals surface area contributed by atoms with Crippen molar-refractivity contribution in [2.75, 3.05) is 39.3 Å². The molecule has 1 amide bonds. The minimum atomic E-state index is -0.627. The zero-order valence-electron chi connectivity index (χ0n) is 9.06. The molecule has 0 aromatic heterocycles. The van der Waals surface area contributed by atoms with Crippen LogP contribution in [0.5, 0.6) is 0 Å². The number of hydrogen-bond donors (Lipinski definition) is 0. The number of hydrogen-bond acceptors (Lipinski definition) is 3. The average molecular weight is 287 g/mol. The van der Waals surface area contributed by atoms with E-state index in [-0.39, 0.29) is 38.6 Å². The second-order valence-electron chi connectivity index (χ2n) is 4.13. The van der Waals surface area contributed by atoms with Gasteiger partial charge in [-0.3, -0.25) is 9.55 Å². The Morgan fingerprint density at radius 1 is 1.40 bits per heavy atom. The van der Waals surface area contributed by atoms with E-state index in [1.165, 1.54) is 6.92 Å². The van der Waals surface area contributed by atoms with Crippen molar-refractivity contribution < 1.29 is 42.2 Å². The Labute approximate surface area is 115 Å². The monoisotopic (exact) mass is 287 g/mol. The molecule has 2 aliphatic rings. The van der Waals surface area contributed by atoms with Gasteiger partial charge in [0.15, 0.2) is 0 Å². The third-order valence-electron chi connectivity index (χ3n) is 3.19. The summed E-state index contributed by atoms with van der Waals surface area (Å²) in [6.45, 7) is 5.90. The van der Waals surface area contributed by atoms with E-state index in [1.54, 1.807) is 0 Å². The summed E-state index contributed by atoms with van der Waals surface area (Å²) in [6.07, 6.45) is 0. The third-order valence-corrected chi connectivity index (χ3v) is 3.19. The minimum absolute atomic E-state index is 0. The van der Waals surface area contributed by atoms with Crippen LogP contribution in [0.25, 0.3) is 5.32 Å². The minimum Gasteiger partial charge on any atom is -0.660 e. The summed E-state index contributed by atoms with van der Waals surface area (Å²) in [5.41, 5.74) is 0. The molecule has 5 nitrogen and oxygen atoms in total. The summed E-state index contributed by atoms with van der Waals surface area (Å²) in [7, 11) is 0. The molecule has 0 bridgehead atoms. The van der Waals surface area contributed by atoms with Gasteiger partial charge in [-0.05, 0) is 13.1 Å². The Morgan fingerprint density at radius 3 is 2.40 bits per heavy atom. The zero-order valence-corrected chi connectivity index (χ0v) is 11.9. The second-order valence-corrected chi connectivity index (χ2v) is 4.13. The number of piperazine rings is 1. The Bertz CT molecular complexity index is 238. The number of hydroxylamine groups is 3. The molecule has 0 saturated carbocycles. The van der Waals surface area contributed by atoms with Crippen molar-refractivity contribution in [3.05, 3.63) is 10.5 Å². The molecule has 0 aromatic rings. The standard InChI is InChI=1S/C9H16N3O2.Y/c1-8(13)12(14)6-9(7-12)11-4-2-10-3-5-11;/h9H,2-7H2,1H3;/q-1;. The maximum Gasteiger partial charge on any atom is 0.310 e. The average Bonchev–Trinajstić information content (AvgIpc) is 2.14. The fourth-order valence-corrected chi connectivity index (χ4v) is 2.10. The topological polar surface area (TPSA) is 57.5 Å². The van der Waals surface area contributed by atoms with Crippen molar-refractivity contribution in [3.63, 3.8) is 0 Å². The number of rotatable bonds is 1. The van der Waals surface area contributed by atoms with Gasteiger partial charge in [0.1, 0.15) is 19.1 Å². The van der Waals surface area contributed by atoms with Crippen molar-refractivity contribution in [2.24, 2.45) is 0 Å². The predicted octanol–water partition coefficient (Wildman–Crippen LogP) is -0.0835. The molecular formula is C9H16N3O2Y-. The number of carbonyl (C=O) groups is 1. The van der Waals surface area contributed by atoms with Gasteiger partial charge in [-0.2, -0.15) is 0 Å². The van der Waals surface area contributed by atoms with Crippen LogP contribution >= 0.6 is 0 Å². The largest absolute Gasteiger partial charge is 0.660 e. The van der Waals surface area contributed by atoms with E-state index in [0.717, 1.165) is 26.2 Å². The first-order valence-electron chi connectivity index (χ1n) is 5.08. The van der Waals surface area contributed by atoms with Crippen molar-refractivity contribution >= 4 is 5.91 Å². The molecule has 6 heteroatoms. The van der Waals surface area contributed by atoms with Gasteiger partial charge in [0.2, 0.25) is 0 Å². The molecule has 2 rings (SSSR count). The molecule has 83 valence electrons. The van der Waals surface area contributed by atoms with Crippen LogP contribution in [0, 0.1) is 5.21 Å². The SMILES string of the molecule is CC(=O)[N+]1([O-])CC(N2CC[N-]CC2)C1.[Y]. The summed E-state index contributed by atoms with van der Waals surface area (Å²) in [5, 5.41) is 15.9. The molecule has 0 spiro atoms. The van der Waals surface area contributed by atoms with Crippen LogP contribution in [-0.4, -0.2) is 60.8 Å². The zero-order chi connectivity index (χ0) is 10.2. The molecule has 1 radical (unpaired) electrons. The molecule has 0 N–H and O–H groups in total. The van der Waals surface area contributed by atoms with E-state index in [1.807, 2.05) is 0 Å². The van der Waals surface area contributed by atoms with Gasteiger partial charge in [0, 0.05) is 32.7 Å². The van der Waals surface area contributed by atoms with Crippen LogP contribution in [0.15, 0.2) is 0 Å². The first-order valence-corrected chi connectivity index (χ1v) is 5.08. The van der Waals surface area contributed by atoms with Crippen LogP contribution in [0.2, 0.25) is 0 Å². The Hall–Kier alpha value is 0.614. The molecule has 2 saturated heterocycles. The van der Waals surface area contributed by atoms with Gasteiger partial charge < -0.3 is 10.5 Å². The summed E-state index contributed by atoms with van der Waals surface area (Å²) < 4.78 is -0.627. The van der Waals surface area contributed by atoms with Crippen molar-refractivity contribution in [2.45, 2.75) is 13.0 Å². The summed E-state index contributed by atoms with van der Waals surface area (Å²) in [4.78, 5) is 13.3. The molecule has 2 heterocycles. The number of amides is 1. The molecule has 0 aromatic carbocycles. The Balaban J connectivity index is 0.00000112. The quantitative estimate of drug-likeness (QED) is 0.500. The fourth-order valence-electron chi connectivity index (χ4n) is 2.10. The van der Waals surface area contributed by atoms with Crippen molar-refractivity contribution in [1.29, 1.82) is 0 Å². The van der Waals surface area contributed by atoms with E-state index in [9.17, 15) is 10.0 Å². The number of quaternary nitrogens is 1. The van der Waals surface area contributed by atoms with E-state index < -0.39 is 4.65 Å². The first kappa shape index (κ1) is 13.7. The number of nitrogens with zero attached hydrogens (tertiary/aromatic N) is 3. The van der Waals surface area contributed by atoms with E-state index in [0.29, 0.717) is 19.1 Å². The third kappa shape index (κ3) is 2.84.